The molecule has 18 heavy (non-hydrogen) atoms. The number of rotatable bonds is 5. The maximum atomic E-state index is 10.8. The number of nitrogens with zero attached hydrogens (tertiary/aromatic N) is 1. The lowest BCUT2D eigenvalue weighted by Gasteiger charge is -2.12. The Balaban J connectivity index is 2.18. The summed E-state index contributed by atoms with van der Waals surface area (Å²) in [5, 5.41) is 10.6. The van der Waals surface area contributed by atoms with Crippen LogP contribution in [-0.2, 0) is 0 Å². The molecule has 0 bridgehead atoms. The highest BCUT2D eigenvalue weighted by molar-refractivity contribution is 7.99. The maximum Gasteiger partial charge on any atom is 0.220 e. The fourth-order valence-corrected chi connectivity index (χ4v) is 2.81. The van der Waals surface area contributed by atoms with E-state index in [0.717, 1.165) is 10.5 Å². The Labute approximate surface area is 110 Å². The maximum absolute atomic E-state index is 10.8. The predicted molar refractivity (Wildman–Crippen MR) is 73.3 cm³/mol. The summed E-state index contributed by atoms with van der Waals surface area (Å²) in [7, 11) is 0. The topological polar surface area (TPSA) is 43.1 Å². The first-order chi connectivity index (χ1) is 8.75. The van der Waals surface area contributed by atoms with E-state index in [0.29, 0.717) is 0 Å². The number of thioether (sulfide) groups is 1. The van der Waals surface area contributed by atoms with E-state index in [1.807, 2.05) is 60.7 Å². The van der Waals surface area contributed by atoms with Gasteiger partial charge in [0.05, 0.1) is 5.25 Å². The zero-order chi connectivity index (χ0) is 12.8. The van der Waals surface area contributed by atoms with Crippen molar-refractivity contribution in [2.24, 2.45) is 0 Å². The van der Waals surface area contributed by atoms with Crippen LogP contribution < -0.4 is 0 Å². The van der Waals surface area contributed by atoms with Gasteiger partial charge in [0.1, 0.15) is 0 Å². The van der Waals surface area contributed by atoms with Crippen LogP contribution in [0.3, 0.4) is 0 Å². The number of hydrogen-bond donors (Lipinski definition) is 0. The normalized spacial score (nSPS) is 12.0. The van der Waals surface area contributed by atoms with Crippen molar-refractivity contribution in [1.82, 2.24) is 0 Å². The average molecular weight is 259 g/mol. The Morgan fingerprint density at radius 1 is 1.00 bits per heavy atom. The Morgan fingerprint density at radius 3 is 2.11 bits per heavy atom. The van der Waals surface area contributed by atoms with Crippen molar-refractivity contribution in [1.29, 1.82) is 0 Å². The highest BCUT2D eigenvalue weighted by Gasteiger charge is 2.18. The number of hydrogen-bond acceptors (Lipinski definition) is 3. The van der Waals surface area contributed by atoms with E-state index < -0.39 is 0 Å². The summed E-state index contributed by atoms with van der Waals surface area (Å²) in [5.41, 5.74) is 0.989. The zero-order valence-electron chi connectivity index (χ0n) is 9.73. The SMILES string of the molecule is O=[N+]([O-])C[C@@H](Sc1ccccc1)c1ccccc1. The van der Waals surface area contributed by atoms with Crippen molar-refractivity contribution in [2.45, 2.75) is 10.1 Å². The van der Waals surface area contributed by atoms with Gasteiger partial charge in [-0.3, -0.25) is 10.1 Å². The lowest BCUT2D eigenvalue weighted by molar-refractivity contribution is -0.479. The molecule has 0 saturated heterocycles. The van der Waals surface area contributed by atoms with E-state index in [-0.39, 0.29) is 16.7 Å². The van der Waals surface area contributed by atoms with Gasteiger partial charge in [0.15, 0.2) is 0 Å². The molecule has 1 atom stereocenters. The van der Waals surface area contributed by atoms with Crippen molar-refractivity contribution in [3.63, 3.8) is 0 Å². The molecule has 2 aromatic rings. The van der Waals surface area contributed by atoms with Crippen molar-refractivity contribution < 1.29 is 4.92 Å². The van der Waals surface area contributed by atoms with Gasteiger partial charge in [-0.05, 0) is 17.7 Å². The van der Waals surface area contributed by atoms with E-state index >= 15 is 0 Å². The summed E-state index contributed by atoms with van der Waals surface area (Å²) >= 11 is 1.53. The molecule has 0 aliphatic carbocycles. The van der Waals surface area contributed by atoms with Gasteiger partial charge in [0.25, 0.3) is 0 Å². The molecular formula is C14H13NO2S. The third-order valence-electron chi connectivity index (χ3n) is 2.51. The van der Waals surface area contributed by atoms with Crippen molar-refractivity contribution >= 4 is 11.8 Å². The predicted octanol–water partition coefficient (Wildman–Crippen LogP) is 3.80. The summed E-state index contributed by atoms with van der Waals surface area (Å²) in [5.74, 6) is 0. The molecule has 2 aromatic carbocycles. The van der Waals surface area contributed by atoms with E-state index in [1.165, 1.54) is 11.8 Å². The molecule has 0 aromatic heterocycles. The van der Waals surface area contributed by atoms with Gasteiger partial charge in [-0.2, -0.15) is 0 Å². The largest absolute Gasteiger partial charge is 0.264 e. The average Bonchev–Trinajstić information content (AvgIpc) is 2.40. The lowest BCUT2D eigenvalue weighted by atomic mass is 10.1. The lowest BCUT2D eigenvalue weighted by Crippen LogP contribution is -2.09. The molecule has 0 unspecified atom stereocenters. The third kappa shape index (κ3) is 3.60. The van der Waals surface area contributed by atoms with Gasteiger partial charge in [0.2, 0.25) is 6.54 Å². The molecular weight excluding hydrogens is 246 g/mol. The Bertz CT molecular complexity index is 502. The first-order valence-electron chi connectivity index (χ1n) is 5.64. The zero-order valence-corrected chi connectivity index (χ0v) is 10.5. The van der Waals surface area contributed by atoms with Crippen LogP contribution in [0.25, 0.3) is 0 Å². The Kier molecular flexibility index (Phi) is 4.36. The summed E-state index contributed by atoms with van der Waals surface area (Å²) in [6.45, 7) is -0.0659. The second kappa shape index (κ2) is 6.21. The van der Waals surface area contributed by atoms with Crippen LogP contribution in [0.5, 0.6) is 0 Å². The molecule has 3 nitrogen and oxygen atoms in total. The third-order valence-corrected chi connectivity index (χ3v) is 3.76. The Hall–Kier alpha value is -1.81. The molecule has 0 saturated carbocycles. The van der Waals surface area contributed by atoms with Crippen LogP contribution in [0, 0.1) is 10.1 Å². The van der Waals surface area contributed by atoms with Gasteiger partial charge < -0.3 is 0 Å². The molecule has 0 amide bonds. The molecule has 0 radical (unpaired) electrons. The first-order valence-corrected chi connectivity index (χ1v) is 6.52. The highest BCUT2D eigenvalue weighted by atomic mass is 32.2. The van der Waals surface area contributed by atoms with Crippen LogP contribution in [-0.4, -0.2) is 11.5 Å². The van der Waals surface area contributed by atoms with E-state index in [9.17, 15) is 10.1 Å². The summed E-state index contributed by atoms with van der Waals surface area (Å²) in [6.07, 6.45) is 0. The minimum atomic E-state index is -0.256. The molecule has 0 aliphatic rings. The van der Waals surface area contributed by atoms with E-state index in [2.05, 4.69) is 0 Å². The second-order valence-corrected chi connectivity index (χ2v) is 5.12. The molecule has 0 spiro atoms. The first kappa shape index (κ1) is 12.6. The summed E-state index contributed by atoms with van der Waals surface area (Å²) in [4.78, 5) is 11.6. The van der Waals surface area contributed by atoms with Gasteiger partial charge in [-0.15, -0.1) is 11.8 Å². The van der Waals surface area contributed by atoms with Gasteiger partial charge >= 0.3 is 0 Å². The van der Waals surface area contributed by atoms with E-state index in [4.69, 9.17) is 0 Å². The minimum absolute atomic E-state index is 0.0659. The van der Waals surface area contributed by atoms with Crippen LogP contribution in [0.4, 0.5) is 0 Å². The summed E-state index contributed by atoms with van der Waals surface area (Å²) < 4.78 is 0. The van der Waals surface area contributed by atoms with Crippen LogP contribution in [0.15, 0.2) is 65.6 Å². The molecule has 0 N–H and O–H groups in total. The number of benzene rings is 2. The van der Waals surface area contributed by atoms with E-state index in [1.54, 1.807) is 0 Å². The van der Waals surface area contributed by atoms with Crippen molar-refractivity contribution in [3.05, 3.63) is 76.3 Å². The fraction of sp³-hybridized carbons (Fsp3) is 0.143. The standard InChI is InChI=1S/C14H13NO2S/c16-15(17)11-14(12-7-3-1-4-8-12)18-13-9-5-2-6-10-13/h1-10,14H,11H2/t14-/m1/s1. The van der Waals surface area contributed by atoms with Gasteiger partial charge in [-0.25, -0.2) is 0 Å². The van der Waals surface area contributed by atoms with Gasteiger partial charge in [0, 0.05) is 9.82 Å². The minimum Gasteiger partial charge on any atom is -0.264 e. The molecule has 0 fully saturated rings. The molecule has 92 valence electrons. The van der Waals surface area contributed by atoms with Crippen LogP contribution in [0.2, 0.25) is 0 Å². The Morgan fingerprint density at radius 2 is 1.56 bits per heavy atom. The summed E-state index contributed by atoms with van der Waals surface area (Å²) in [6, 6.07) is 19.4. The smallest absolute Gasteiger partial charge is 0.220 e. The molecule has 2 rings (SSSR count). The quantitative estimate of drug-likeness (QED) is 0.466. The van der Waals surface area contributed by atoms with Crippen molar-refractivity contribution in [2.75, 3.05) is 6.54 Å². The molecule has 0 aliphatic heterocycles. The monoisotopic (exact) mass is 259 g/mol. The molecule has 4 heteroatoms. The van der Waals surface area contributed by atoms with Crippen LogP contribution in [0.1, 0.15) is 10.8 Å². The second-order valence-electron chi connectivity index (χ2n) is 3.85. The number of nitro groups is 1. The fourth-order valence-electron chi connectivity index (χ4n) is 1.68. The highest BCUT2D eigenvalue weighted by Crippen LogP contribution is 2.34. The van der Waals surface area contributed by atoms with Crippen LogP contribution >= 0.6 is 11.8 Å². The molecule has 0 heterocycles. The van der Waals surface area contributed by atoms with Gasteiger partial charge in [-0.1, -0.05) is 48.5 Å². The van der Waals surface area contributed by atoms with Crippen molar-refractivity contribution in [3.8, 4) is 0 Å².